The van der Waals surface area contributed by atoms with Gasteiger partial charge in [0.1, 0.15) is 5.69 Å². The van der Waals surface area contributed by atoms with Crippen LogP contribution in [-0.2, 0) is 0 Å². The van der Waals surface area contributed by atoms with Crippen LogP contribution in [0.2, 0.25) is 0 Å². The lowest BCUT2D eigenvalue weighted by atomic mass is 9.96. The van der Waals surface area contributed by atoms with Crippen molar-refractivity contribution in [2.75, 3.05) is 7.11 Å². The monoisotopic (exact) mass is 309 g/mol. The number of hydrogen-bond donors (Lipinski definition) is 3. The lowest BCUT2D eigenvalue weighted by Crippen LogP contribution is -2.36. The topological polar surface area (TPSA) is 91.7 Å². The van der Waals surface area contributed by atoms with E-state index in [4.69, 9.17) is 17.0 Å². The average molecular weight is 309 g/mol. The van der Waals surface area contributed by atoms with Gasteiger partial charge < -0.3 is 10.1 Å². The second kappa shape index (κ2) is 7.84. The minimum absolute atomic E-state index is 0.134. The van der Waals surface area contributed by atoms with E-state index in [9.17, 15) is 5.21 Å². The molecule has 0 atom stereocenters. The Hall–Kier alpha value is -1.80. The van der Waals surface area contributed by atoms with Crippen molar-refractivity contribution in [3.05, 3.63) is 18.1 Å². The van der Waals surface area contributed by atoms with Gasteiger partial charge >= 0.3 is 0 Å². The normalized spacial score (nSPS) is 16.4. The largest absolute Gasteiger partial charge is 0.480 e. The van der Waals surface area contributed by atoms with E-state index >= 15 is 0 Å². The first kappa shape index (κ1) is 15.6. The summed E-state index contributed by atoms with van der Waals surface area (Å²) in [7, 11) is 1.49. The molecule has 0 saturated heterocycles. The number of rotatable bonds is 3. The number of aromatic nitrogens is 2. The number of nitrogens with one attached hydrogen (secondary N) is 2. The maximum atomic E-state index is 9.22. The van der Waals surface area contributed by atoms with Crippen LogP contribution in [0, 0.1) is 0 Å². The zero-order valence-corrected chi connectivity index (χ0v) is 12.7. The second-order valence-electron chi connectivity index (χ2n) is 4.80. The fourth-order valence-corrected chi connectivity index (χ4v) is 2.51. The third-order valence-corrected chi connectivity index (χ3v) is 3.53. The summed E-state index contributed by atoms with van der Waals surface area (Å²) in [6.07, 6.45) is 8.81. The second-order valence-corrected chi connectivity index (χ2v) is 5.19. The van der Waals surface area contributed by atoms with E-state index < -0.39 is 0 Å². The summed E-state index contributed by atoms with van der Waals surface area (Å²) in [6, 6.07) is 0.353. The molecule has 0 aromatic carbocycles. The number of methoxy groups -OCH3 is 1. The van der Waals surface area contributed by atoms with Crippen LogP contribution >= 0.6 is 12.2 Å². The summed E-state index contributed by atoms with van der Waals surface area (Å²) in [5, 5.41) is 12.7. The summed E-state index contributed by atoms with van der Waals surface area (Å²) in [6.45, 7) is 0. The number of hydrogen-bond acceptors (Lipinski definition) is 5. The third kappa shape index (κ3) is 4.61. The predicted octanol–water partition coefficient (Wildman–Crippen LogP) is 1.42. The summed E-state index contributed by atoms with van der Waals surface area (Å²) in [4.78, 5) is 12.3. The molecule has 21 heavy (non-hydrogen) atoms. The first-order valence-electron chi connectivity index (χ1n) is 6.88. The van der Waals surface area contributed by atoms with Crippen LogP contribution in [0.3, 0.4) is 0 Å². The molecule has 0 unspecified atom stereocenters. The van der Waals surface area contributed by atoms with Crippen molar-refractivity contribution in [1.82, 2.24) is 20.8 Å². The zero-order valence-electron chi connectivity index (χ0n) is 11.9. The Morgan fingerprint density at radius 2 is 2.14 bits per heavy atom. The molecule has 0 aliphatic heterocycles. The molecule has 1 fully saturated rings. The molecule has 3 N–H and O–H groups in total. The van der Waals surface area contributed by atoms with Crippen molar-refractivity contribution in [1.29, 1.82) is 0 Å². The van der Waals surface area contributed by atoms with E-state index in [2.05, 4.69) is 20.3 Å². The molecular formula is C13H19N5O2S. The van der Waals surface area contributed by atoms with Crippen molar-refractivity contribution < 1.29 is 9.94 Å². The molecule has 1 heterocycles. The number of nitrogens with zero attached hydrogens (tertiary/aromatic N) is 3. The highest BCUT2D eigenvalue weighted by molar-refractivity contribution is 7.80. The molecule has 1 aliphatic rings. The van der Waals surface area contributed by atoms with Crippen LogP contribution in [0.4, 0.5) is 0 Å². The van der Waals surface area contributed by atoms with Gasteiger partial charge in [-0.1, -0.05) is 19.3 Å². The van der Waals surface area contributed by atoms with Crippen molar-refractivity contribution >= 4 is 23.2 Å². The van der Waals surface area contributed by atoms with E-state index in [-0.39, 0.29) is 5.84 Å². The number of thiocarbonyl (C=S) groups is 1. The summed E-state index contributed by atoms with van der Waals surface area (Å²) in [5.41, 5.74) is 2.35. The summed E-state index contributed by atoms with van der Waals surface area (Å²) in [5.74, 6) is 0.469. The Morgan fingerprint density at radius 3 is 2.81 bits per heavy atom. The Balaban J connectivity index is 2.05. The van der Waals surface area contributed by atoms with Crippen LogP contribution in [0.15, 0.2) is 17.4 Å². The molecule has 0 radical (unpaired) electrons. The molecule has 0 spiro atoms. The minimum Gasteiger partial charge on any atom is -0.480 e. The fraction of sp³-hybridized carbons (Fsp3) is 0.538. The Morgan fingerprint density at radius 1 is 1.38 bits per heavy atom. The third-order valence-electron chi connectivity index (χ3n) is 3.32. The van der Waals surface area contributed by atoms with Crippen LogP contribution < -0.4 is 15.5 Å². The van der Waals surface area contributed by atoms with E-state index in [1.54, 1.807) is 0 Å². The molecule has 1 aromatic rings. The van der Waals surface area contributed by atoms with Gasteiger partial charge in [-0.05, 0) is 25.1 Å². The van der Waals surface area contributed by atoms with Gasteiger partial charge in [0.15, 0.2) is 10.9 Å². The first-order valence-corrected chi connectivity index (χ1v) is 7.29. The Bertz CT molecular complexity index is 517. The van der Waals surface area contributed by atoms with Gasteiger partial charge in [-0.3, -0.25) is 15.7 Å². The predicted molar refractivity (Wildman–Crippen MR) is 82.6 cm³/mol. The Labute approximate surface area is 128 Å². The van der Waals surface area contributed by atoms with Gasteiger partial charge in [-0.2, -0.15) is 4.99 Å². The maximum Gasteiger partial charge on any atom is 0.232 e. The number of ether oxygens (including phenoxy) is 1. The molecule has 0 amide bonds. The smallest absolute Gasteiger partial charge is 0.232 e. The van der Waals surface area contributed by atoms with E-state index in [0.29, 0.717) is 22.7 Å². The van der Waals surface area contributed by atoms with Crippen molar-refractivity contribution in [3.8, 4) is 5.88 Å². The molecule has 1 aliphatic carbocycles. The van der Waals surface area contributed by atoms with Crippen LogP contribution in [0.1, 0.15) is 37.8 Å². The highest BCUT2D eigenvalue weighted by atomic mass is 32.1. The molecule has 1 saturated carbocycles. The molecule has 114 valence electrons. The summed E-state index contributed by atoms with van der Waals surface area (Å²) >= 11 is 5.21. The SMILES string of the molecule is COc1cncc(/C(=N/C(=S)NC2CCCCC2)NO)n1. The quantitative estimate of drug-likeness (QED) is 0.336. The van der Waals surface area contributed by atoms with Crippen molar-refractivity contribution in [3.63, 3.8) is 0 Å². The number of aliphatic imine (C=N–C) groups is 1. The maximum absolute atomic E-state index is 9.22. The van der Waals surface area contributed by atoms with Crippen LogP contribution in [0.5, 0.6) is 5.88 Å². The molecule has 0 bridgehead atoms. The first-order chi connectivity index (χ1) is 10.2. The van der Waals surface area contributed by atoms with E-state index in [0.717, 1.165) is 12.8 Å². The van der Waals surface area contributed by atoms with Crippen LogP contribution in [-0.4, -0.2) is 39.3 Å². The zero-order chi connectivity index (χ0) is 15.1. The lowest BCUT2D eigenvalue weighted by Gasteiger charge is -2.22. The van der Waals surface area contributed by atoms with E-state index in [1.165, 1.54) is 38.8 Å². The number of hydroxylamine groups is 1. The molecule has 1 aromatic heterocycles. The minimum atomic E-state index is 0.134. The van der Waals surface area contributed by atoms with Gasteiger partial charge in [0.25, 0.3) is 0 Å². The molecule has 8 heteroatoms. The van der Waals surface area contributed by atoms with Crippen LogP contribution in [0.25, 0.3) is 0 Å². The number of amidine groups is 1. The van der Waals surface area contributed by atoms with Gasteiger partial charge in [0.05, 0.1) is 19.5 Å². The van der Waals surface area contributed by atoms with Crippen molar-refractivity contribution in [2.24, 2.45) is 4.99 Å². The van der Waals surface area contributed by atoms with Gasteiger partial charge in [0, 0.05) is 6.04 Å². The van der Waals surface area contributed by atoms with Gasteiger partial charge in [0.2, 0.25) is 5.88 Å². The standard InChI is InChI=1S/C13H19N5O2S/c1-20-11-8-14-7-10(16-11)12(18-19)17-13(21)15-9-5-3-2-4-6-9/h7-9,19H,2-6H2,1H3,(H2,15,17,18,21). The molecular weight excluding hydrogens is 290 g/mol. The molecule has 2 rings (SSSR count). The van der Waals surface area contributed by atoms with E-state index in [1.807, 2.05) is 5.48 Å². The Kier molecular flexibility index (Phi) is 5.82. The fourth-order valence-electron chi connectivity index (χ4n) is 2.26. The highest BCUT2D eigenvalue weighted by Gasteiger charge is 2.14. The summed E-state index contributed by atoms with van der Waals surface area (Å²) < 4.78 is 4.99. The highest BCUT2D eigenvalue weighted by Crippen LogP contribution is 2.17. The molecule has 7 nitrogen and oxygen atoms in total. The van der Waals surface area contributed by atoms with Gasteiger partial charge in [-0.25, -0.2) is 4.98 Å². The van der Waals surface area contributed by atoms with Crippen molar-refractivity contribution in [2.45, 2.75) is 38.1 Å². The lowest BCUT2D eigenvalue weighted by molar-refractivity contribution is 0.234. The average Bonchev–Trinajstić information content (AvgIpc) is 2.53. The van der Waals surface area contributed by atoms with Gasteiger partial charge in [-0.15, -0.1) is 0 Å².